The van der Waals surface area contributed by atoms with Gasteiger partial charge in [0.2, 0.25) is 0 Å². The molecule has 1 aromatic rings. The largest absolute Gasteiger partial charge is 0.317 e. The zero-order valence-electron chi connectivity index (χ0n) is 9.70. The Morgan fingerprint density at radius 1 is 1.27 bits per heavy atom. The van der Waals surface area contributed by atoms with Crippen LogP contribution in [-0.4, -0.2) is 18.8 Å². The quantitative estimate of drug-likeness (QED) is 0.560. The highest BCUT2D eigenvalue weighted by molar-refractivity contribution is 7.99. The molecule has 0 aromatic heterocycles. The average Bonchev–Trinajstić information content (AvgIpc) is 2.31. The van der Waals surface area contributed by atoms with Crippen LogP contribution in [0, 0.1) is 0 Å². The topological polar surface area (TPSA) is 12.0 Å². The zero-order valence-corrected chi connectivity index (χ0v) is 10.5. The molecule has 1 nitrogen and oxygen atoms in total. The molecule has 1 rings (SSSR count). The molecule has 0 spiro atoms. The van der Waals surface area contributed by atoms with E-state index in [0.717, 1.165) is 0 Å². The number of benzene rings is 1. The minimum absolute atomic E-state index is 0.696. The first-order valence-corrected chi connectivity index (χ1v) is 6.70. The molecule has 15 heavy (non-hydrogen) atoms. The lowest BCUT2D eigenvalue weighted by Gasteiger charge is -2.12. The summed E-state index contributed by atoms with van der Waals surface area (Å²) in [6, 6.07) is 11.3. The molecule has 1 aromatic carbocycles. The van der Waals surface area contributed by atoms with Gasteiger partial charge in [-0.1, -0.05) is 25.1 Å². The van der Waals surface area contributed by atoms with Crippen LogP contribution in [0.4, 0.5) is 0 Å². The van der Waals surface area contributed by atoms with E-state index in [1.54, 1.807) is 0 Å². The van der Waals surface area contributed by atoms with E-state index in [2.05, 4.69) is 49.6 Å². The van der Waals surface area contributed by atoms with Gasteiger partial charge in [0.05, 0.1) is 0 Å². The van der Waals surface area contributed by atoms with Gasteiger partial charge in [-0.25, -0.2) is 0 Å². The van der Waals surface area contributed by atoms with Gasteiger partial charge in [-0.2, -0.15) is 0 Å². The van der Waals surface area contributed by atoms with E-state index in [9.17, 15) is 0 Å². The molecule has 1 N–H and O–H groups in total. The van der Waals surface area contributed by atoms with Crippen molar-refractivity contribution in [2.24, 2.45) is 0 Å². The number of hydrogen-bond donors (Lipinski definition) is 1. The molecule has 0 radical (unpaired) electrons. The van der Waals surface area contributed by atoms with E-state index in [1.165, 1.54) is 29.9 Å². The summed E-state index contributed by atoms with van der Waals surface area (Å²) in [4.78, 5) is 1.38. The SMILES string of the molecule is CCC(CCCSc1ccccc1)NC. The second-order valence-corrected chi connectivity index (χ2v) is 4.87. The molecule has 1 unspecified atom stereocenters. The van der Waals surface area contributed by atoms with Crippen molar-refractivity contribution in [3.8, 4) is 0 Å². The van der Waals surface area contributed by atoms with Crippen molar-refractivity contribution < 1.29 is 0 Å². The summed E-state index contributed by atoms with van der Waals surface area (Å²) in [7, 11) is 2.05. The van der Waals surface area contributed by atoms with Crippen LogP contribution in [0.3, 0.4) is 0 Å². The highest BCUT2D eigenvalue weighted by Gasteiger charge is 2.01. The van der Waals surface area contributed by atoms with E-state index in [0.29, 0.717) is 6.04 Å². The van der Waals surface area contributed by atoms with Gasteiger partial charge in [-0.3, -0.25) is 0 Å². The summed E-state index contributed by atoms with van der Waals surface area (Å²) in [5, 5.41) is 3.34. The molecule has 84 valence electrons. The maximum atomic E-state index is 3.34. The van der Waals surface area contributed by atoms with E-state index in [4.69, 9.17) is 0 Å². The van der Waals surface area contributed by atoms with Crippen molar-refractivity contribution in [2.75, 3.05) is 12.8 Å². The predicted octanol–water partition coefficient (Wildman–Crippen LogP) is 3.56. The molecular weight excluding hydrogens is 202 g/mol. The summed E-state index contributed by atoms with van der Waals surface area (Å²) in [5.74, 6) is 1.22. The molecule has 0 aliphatic carbocycles. The van der Waals surface area contributed by atoms with Crippen molar-refractivity contribution >= 4 is 11.8 Å². The van der Waals surface area contributed by atoms with E-state index in [-0.39, 0.29) is 0 Å². The van der Waals surface area contributed by atoms with Crippen molar-refractivity contribution in [1.82, 2.24) is 5.32 Å². The summed E-state index contributed by atoms with van der Waals surface area (Å²) in [6.45, 7) is 2.24. The first-order chi connectivity index (χ1) is 7.36. The smallest absolute Gasteiger partial charge is 0.00719 e. The Morgan fingerprint density at radius 2 is 2.00 bits per heavy atom. The lowest BCUT2D eigenvalue weighted by Crippen LogP contribution is -2.23. The van der Waals surface area contributed by atoms with Gasteiger partial charge < -0.3 is 5.32 Å². The Labute approximate surface area is 97.7 Å². The zero-order chi connectivity index (χ0) is 10.9. The first-order valence-electron chi connectivity index (χ1n) is 5.72. The second-order valence-electron chi connectivity index (χ2n) is 3.70. The predicted molar refractivity (Wildman–Crippen MR) is 69.5 cm³/mol. The van der Waals surface area contributed by atoms with Crippen LogP contribution in [0.15, 0.2) is 35.2 Å². The highest BCUT2D eigenvalue weighted by Crippen LogP contribution is 2.18. The van der Waals surface area contributed by atoms with Crippen molar-refractivity contribution in [3.63, 3.8) is 0 Å². The van der Waals surface area contributed by atoms with E-state index >= 15 is 0 Å². The lowest BCUT2D eigenvalue weighted by molar-refractivity contribution is 0.504. The third kappa shape index (κ3) is 5.24. The second kappa shape index (κ2) is 7.77. The van der Waals surface area contributed by atoms with Crippen LogP contribution >= 0.6 is 11.8 Å². The molecule has 1 atom stereocenters. The van der Waals surface area contributed by atoms with Crippen molar-refractivity contribution in [2.45, 2.75) is 37.1 Å². The van der Waals surface area contributed by atoms with Gasteiger partial charge >= 0.3 is 0 Å². The molecule has 0 bridgehead atoms. The van der Waals surface area contributed by atoms with Crippen molar-refractivity contribution in [1.29, 1.82) is 0 Å². The summed E-state index contributed by atoms with van der Waals surface area (Å²) < 4.78 is 0. The molecule has 0 heterocycles. The number of rotatable bonds is 7. The van der Waals surface area contributed by atoms with Gasteiger partial charge in [0.1, 0.15) is 0 Å². The fourth-order valence-corrected chi connectivity index (χ4v) is 2.49. The minimum Gasteiger partial charge on any atom is -0.317 e. The maximum Gasteiger partial charge on any atom is 0.00719 e. The fourth-order valence-electron chi connectivity index (χ4n) is 1.59. The molecule has 0 saturated carbocycles. The summed E-state index contributed by atoms with van der Waals surface area (Å²) >= 11 is 1.96. The van der Waals surface area contributed by atoms with Crippen LogP contribution < -0.4 is 5.32 Å². The highest BCUT2D eigenvalue weighted by atomic mass is 32.2. The Hall–Kier alpha value is -0.470. The molecule has 0 amide bonds. The monoisotopic (exact) mass is 223 g/mol. The van der Waals surface area contributed by atoms with Gasteiger partial charge in [-0.15, -0.1) is 11.8 Å². The van der Waals surface area contributed by atoms with Gasteiger partial charge in [-0.05, 0) is 44.2 Å². The van der Waals surface area contributed by atoms with Gasteiger partial charge in [0.25, 0.3) is 0 Å². The number of thioether (sulfide) groups is 1. The fraction of sp³-hybridized carbons (Fsp3) is 0.538. The van der Waals surface area contributed by atoms with Gasteiger partial charge in [0, 0.05) is 10.9 Å². The Balaban J connectivity index is 2.12. The third-order valence-corrected chi connectivity index (χ3v) is 3.71. The molecule has 2 heteroatoms. The van der Waals surface area contributed by atoms with Crippen LogP contribution in [0.5, 0.6) is 0 Å². The van der Waals surface area contributed by atoms with Gasteiger partial charge in [0.15, 0.2) is 0 Å². The van der Waals surface area contributed by atoms with Crippen LogP contribution in [0.1, 0.15) is 26.2 Å². The van der Waals surface area contributed by atoms with E-state index in [1.807, 2.05) is 11.8 Å². The Bertz CT molecular complexity index is 244. The minimum atomic E-state index is 0.696. The van der Waals surface area contributed by atoms with E-state index < -0.39 is 0 Å². The average molecular weight is 223 g/mol. The van der Waals surface area contributed by atoms with Crippen molar-refractivity contribution in [3.05, 3.63) is 30.3 Å². The molecule has 0 aliphatic heterocycles. The Kier molecular flexibility index (Phi) is 6.53. The summed E-state index contributed by atoms with van der Waals surface area (Å²) in [6.07, 6.45) is 3.80. The standard InChI is InChI=1S/C13H21NS/c1-3-12(14-2)8-7-11-15-13-9-5-4-6-10-13/h4-6,9-10,12,14H,3,7-8,11H2,1-2H3. The normalized spacial score (nSPS) is 12.7. The van der Waals surface area contributed by atoms with Crippen LogP contribution in [0.25, 0.3) is 0 Å². The lowest BCUT2D eigenvalue weighted by atomic mass is 10.1. The van der Waals surface area contributed by atoms with Crippen LogP contribution in [-0.2, 0) is 0 Å². The summed E-state index contributed by atoms with van der Waals surface area (Å²) in [5.41, 5.74) is 0. The molecular formula is C13H21NS. The third-order valence-electron chi connectivity index (χ3n) is 2.61. The number of nitrogens with one attached hydrogen (secondary N) is 1. The maximum absolute atomic E-state index is 3.34. The molecule has 0 aliphatic rings. The Morgan fingerprint density at radius 3 is 2.60 bits per heavy atom. The molecule has 0 saturated heterocycles. The number of hydrogen-bond acceptors (Lipinski definition) is 2. The molecule has 0 fully saturated rings. The first kappa shape index (κ1) is 12.6. The van der Waals surface area contributed by atoms with Crippen LogP contribution in [0.2, 0.25) is 0 Å².